The van der Waals surface area contributed by atoms with Crippen LogP contribution < -0.4 is 9.54 Å². The van der Waals surface area contributed by atoms with Gasteiger partial charge < -0.3 is 14.0 Å². The molecule has 0 unspecified atom stereocenters. The standard InChI is InChI=1S/C22H26N2O5S3/c1-4-29-13-12-24-19-10-7-17(30-3)15-20(19)31-22(24)23-21(25)11-14-32(26,27)18-8-5-16(28-2)6-9-18/h5-10,15H,4,11-14H2,1-3H3. The SMILES string of the molecule is CCOCCn1c(=NC(=O)CCS(=O)(=O)c2ccc(OC)cc2)sc2cc(SC)ccc21. The number of methoxy groups -OCH3 is 1. The fraction of sp³-hybridized carbons (Fsp3) is 0.364. The summed E-state index contributed by atoms with van der Waals surface area (Å²) in [5.74, 6) is -0.202. The fourth-order valence-electron chi connectivity index (χ4n) is 3.07. The van der Waals surface area contributed by atoms with Crippen molar-refractivity contribution in [1.29, 1.82) is 0 Å². The van der Waals surface area contributed by atoms with E-state index in [-0.39, 0.29) is 17.1 Å². The Morgan fingerprint density at radius 3 is 2.59 bits per heavy atom. The smallest absolute Gasteiger partial charge is 0.249 e. The number of thiazole rings is 1. The monoisotopic (exact) mass is 494 g/mol. The summed E-state index contributed by atoms with van der Waals surface area (Å²) in [5, 5.41) is 0. The summed E-state index contributed by atoms with van der Waals surface area (Å²) in [4.78, 5) is 18.7. The summed E-state index contributed by atoms with van der Waals surface area (Å²) in [7, 11) is -2.08. The molecule has 0 saturated carbocycles. The second kappa shape index (κ2) is 11.1. The predicted octanol–water partition coefficient (Wildman–Crippen LogP) is 3.76. The highest BCUT2D eigenvalue weighted by Gasteiger charge is 2.17. The van der Waals surface area contributed by atoms with Gasteiger partial charge >= 0.3 is 0 Å². The van der Waals surface area contributed by atoms with Crippen LogP contribution in [-0.4, -0.2) is 51.2 Å². The first kappa shape index (κ1) is 24.5. The van der Waals surface area contributed by atoms with Crippen molar-refractivity contribution in [2.75, 3.05) is 32.3 Å². The summed E-state index contributed by atoms with van der Waals surface area (Å²) in [6.07, 6.45) is 1.82. The number of sulfone groups is 1. The highest BCUT2D eigenvalue weighted by atomic mass is 32.2. The minimum absolute atomic E-state index is 0.157. The number of carbonyl (C=O) groups is 1. The molecule has 1 amide bonds. The summed E-state index contributed by atoms with van der Waals surface area (Å²) >= 11 is 3.06. The van der Waals surface area contributed by atoms with Gasteiger partial charge in [0.2, 0.25) is 5.91 Å². The minimum atomic E-state index is -3.60. The number of aromatic nitrogens is 1. The topological polar surface area (TPSA) is 87.0 Å². The lowest BCUT2D eigenvalue weighted by atomic mass is 10.3. The number of amides is 1. The molecule has 2 aromatic carbocycles. The van der Waals surface area contributed by atoms with Crippen LogP contribution in [0, 0.1) is 0 Å². The van der Waals surface area contributed by atoms with Crippen molar-refractivity contribution >= 4 is 49.1 Å². The number of hydrogen-bond acceptors (Lipinski definition) is 7. The molecule has 32 heavy (non-hydrogen) atoms. The Labute approximate surface area is 196 Å². The molecule has 3 aromatic rings. The van der Waals surface area contributed by atoms with E-state index in [1.54, 1.807) is 23.9 Å². The van der Waals surface area contributed by atoms with Gasteiger partial charge in [-0.15, -0.1) is 11.8 Å². The van der Waals surface area contributed by atoms with Crippen LogP contribution in [0.1, 0.15) is 13.3 Å². The lowest BCUT2D eigenvalue weighted by Crippen LogP contribution is -2.20. The molecule has 1 aromatic heterocycles. The highest BCUT2D eigenvalue weighted by Crippen LogP contribution is 2.24. The molecule has 7 nitrogen and oxygen atoms in total. The van der Waals surface area contributed by atoms with Crippen molar-refractivity contribution in [3.05, 3.63) is 47.3 Å². The van der Waals surface area contributed by atoms with Crippen molar-refractivity contribution in [3.63, 3.8) is 0 Å². The van der Waals surface area contributed by atoms with Gasteiger partial charge in [-0.1, -0.05) is 11.3 Å². The van der Waals surface area contributed by atoms with E-state index in [0.29, 0.717) is 30.3 Å². The van der Waals surface area contributed by atoms with E-state index in [0.717, 1.165) is 15.1 Å². The maximum absolute atomic E-state index is 12.6. The largest absolute Gasteiger partial charge is 0.497 e. The van der Waals surface area contributed by atoms with Gasteiger partial charge in [-0.05, 0) is 55.6 Å². The third kappa shape index (κ3) is 6.00. The molecule has 0 aliphatic heterocycles. The number of benzene rings is 2. The lowest BCUT2D eigenvalue weighted by Gasteiger charge is -2.06. The van der Waals surface area contributed by atoms with E-state index in [4.69, 9.17) is 9.47 Å². The average molecular weight is 495 g/mol. The van der Waals surface area contributed by atoms with Crippen LogP contribution in [0.2, 0.25) is 0 Å². The van der Waals surface area contributed by atoms with Crippen molar-refractivity contribution < 1.29 is 22.7 Å². The van der Waals surface area contributed by atoms with Crippen LogP contribution in [0.3, 0.4) is 0 Å². The number of carbonyl (C=O) groups excluding carboxylic acids is 1. The van der Waals surface area contributed by atoms with Gasteiger partial charge in [-0.3, -0.25) is 4.79 Å². The van der Waals surface area contributed by atoms with Gasteiger partial charge in [0.15, 0.2) is 14.6 Å². The second-order valence-electron chi connectivity index (χ2n) is 6.82. The number of rotatable bonds is 10. The Morgan fingerprint density at radius 2 is 1.94 bits per heavy atom. The normalized spacial score (nSPS) is 12.4. The zero-order chi connectivity index (χ0) is 23.1. The first-order chi connectivity index (χ1) is 15.4. The molecule has 0 fully saturated rings. The van der Waals surface area contributed by atoms with Gasteiger partial charge in [0.25, 0.3) is 0 Å². The van der Waals surface area contributed by atoms with Crippen LogP contribution >= 0.6 is 23.1 Å². The Morgan fingerprint density at radius 1 is 1.19 bits per heavy atom. The Hall–Kier alpha value is -2.14. The van der Waals surface area contributed by atoms with Gasteiger partial charge in [0.05, 0.1) is 34.6 Å². The molecular weight excluding hydrogens is 468 g/mol. The number of ether oxygens (including phenoxy) is 2. The van der Waals surface area contributed by atoms with Gasteiger partial charge in [-0.2, -0.15) is 4.99 Å². The zero-order valence-corrected chi connectivity index (χ0v) is 20.7. The third-order valence-electron chi connectivity index (χ3n) is 4.78. The number of hydrogen-bond donors (Lipinski definition) is 0. The summed E-state index contributed by atoms with van der Waals surface area (Å²) in [5.41, 5.74) is 0.977. The molecule has 0 aliphatic rings. The van der Waals surface area contributed by atoms with E-state index >= 15 is 0 Å². The van der Waals surface area contributed by atoms with Gasteiger partial charge in [-0.25, -0.2) is 8.42 Å². The molecule has 0 N–H and O–H groups in total. The molecule has 0 radical (unpaired) electrons. The molecule has 0 bridgehead atoms. The maximum atomic E-state index is 12.6. The Balaban J connectivity index is 1.83. The number of thioether (sulfide) groups is 1. The highest BCUT2D eigenvalue weighted by molar-refractivity contribution is 7.98. The molecule has 0 aliphatic carbocycles. The van der Waals surface area contributed by atoms with Gasteiger partial charge in [0.1, 0.15) is 5.75 Å². The van der Waals surface area contributed by atoms with Crippen LogP contribution in [0.4, 0.5) is 0 Å². The molecule has 172 valence electrons. The Bertz CT molecular complexity index is 1240. The molecule has 0 spiro atoms. The number of fused-ring (bicyclic) bond motifs is 1. The van der Waals surface area contributed by atoms with Crippen LogP contribution in [-0.2, 0) is 25.9 Å². The second-order valence-corrected chi connectivity index (χ2v) is 10.8. The first-order valence-electron chi connectivity index (χ1n) is 10.1. The average Bonchev–Trinajstić information content (AvgIpc) is 3.14. The summed E-state index contributed by atoms with van der Waals surface area (Å²) in [6.45, 7) is 3.59. The molecule has 10 heteroatoms. The summed E-state index contributed by atoms with van der Waals surface area (Å²) < 4.78 is 38.7. The molecule has 0 saturated heterocycles. The quantitative estimate of drug-likeness (QED) is 0.315. The third-order valence-corrected chi connectivity index (χ3v) is 8.28. The fourth-order valence-corrected chi connectivity index (χ4v) is 5.92. The Kier molecular flexibility index (Phi) is 8.52. The van der Waals surface area contributed by atoms with Crippen molar-refractivity contribution in [1.82, 2.24) is 4.57 Å². The van der Waals surface area contributed by atoms with E-state index in [2.05, 4.69) is 11.1 Å². The zero-order valence-electron chi connectivity index (χ0n) is 18.2. The summed E-state index contributed by atoms with van der Waals surface area (Å²) in [6, 6.07) is 12.2. The van der Waals surface area contributed by atoms with E-state index < -0.39 is 15.7 Å². The lowest BCUT2D eigenvalue weighted by molar-refractivity contribution is -0.117. The van der Waals surface area contributed by atoms with E-state index in [1.165, 1.54) is 30.6 Å². The molecule has 3 rings (SSSR count). The number of nitrogens with zero attached hydrogens (tertiary/aromatic N) is 2. The minimum Gasteiger partial charge on any atom is -0.497 e. The molecule has 0 atom stereocenters. The van der Waals surface area contributed by atoms with E-state index in [1.807, 2.05) is 29.9 Å². The van der Waals surface area contributed by atoms with Crippen molar-refractivity contribution in [2.24, 2.45) is 4.99 Å². The van der Waals surface area contributed by atoms with Crippen molar-refractivity contribution in [2.45, 2.75) is 29.7 Å². The van der Waals surface area contributed by atoms with E-state index in [9.17, 15) is 13.2 Å². The van der Waals surface area contributed by atoms with Crippen LogP contribution in [0.25, 0.3) is 10.2 Å². The van der Waals surface area contributed by atoms with Crippen LogP contribution in [0.15, 0.2) is 57.2 Å². The van der Waals surface area contributed by atoms with Crippen LogP contribution in [0.5, 0.6) is 5.75 Å². The molecule has 1 heterocycles. The predicted molar refractivity (Wildman–Crippen MR) is 128 cm³/mol. The first-order valence-corrected chi connectivity index (χ1v) is 13.8. The molecular formula is C22H26N2O5S3. The van der Waals surface area contributed by atoms with Crippen molar-refractivity contribution in [3.8, 4) is 5.75 Å². The maximum Gasteiger partial charge on any atom is 0.249 e. The van der Waals surface area contributed by atoms with Gasteiger partial charge in [0, 0.05) is 24.5 Å².